The molecule has 0 heterocycles. The Kier molecular flexibility index (Phi) is 5.74. The van der Waals surface area contributed by atoms with Gasteiger partial charge in [-0.05, 0) is 42.7 Å². The van der Waals surface area contributed by atoms with Crippen molar-refractivity contribution in [2.24, 2.45) is 0 Å². The van der Waals surface area contributed by atoms with E-state index in [1.165, 1.54) is 12.1 Å². The monoisotopic (exact) mass is 449 g/mol. The van der Waals surface area contributed by atoms with E-state index in [4.69, 9.17) is 0 Å². The number of non-ortho nitro benzene ring substituents is 1. The minimum absolute atomic E-state index is 0.0525. The third kappa shape index (κ3) is 4.37. The maximum Gasteiger partial charge on any atom is 0.269 e. The average molecular weight is 449 g/mol. The summed E-state index contributed by atoms with van der Waals surface area (Å²) in [4.78, 5) is 22.8. The summed E-state index contributed by atoms with van der Waals surface area (Å²) < 4.78 is 28.0. The number of rotatable bonds is 6. The van der Waals surface area contributed by atoms with E-state index in [-0.39, 0.29) is 22.1 Å². The van der Waals surface area contributed by atoms with Crippen LogP contribution in [-0.4, -0.2) is 19.1 Å². The molecular formula is C23H19N3O5S. The first-order valence-corrected chi connectivity index (χ1v) is 11.3. The highest BCUT2D eigenvalue weighted by molar-refractivity contribution is 7.92. The Labute approximate surface area is 184 Å². The molecule has 0 bridgehead atoms. The van der Waals surface area contributed by atoms with Crippen LogP contribution < -0.4 is 10.0 Å². The number of hydrogen-bond acceptors (Lipinski definition) is 6. The van der Waals surface area contributed by atoms with Gasteiger partial charge in [-0.25, -0.2) is 8.42 Å². The third-order valence-corrected chi connectivity index (χ3v) is 6.53. The first-order chi connectivity index (χ1) is 15.3. The Hall–Kier alpha value is -3.98. The lowest BCUT2D eigenvalue weighted by atomic mass is 9.87. The molecule has 0 spiro atoms. The quantitative estimate of drug-likeness (QED) is 0.324. The van der Waals surface area contributed by atoms with Crippen LogP contribution in [-0.2, 0) is 16.4 Å². The van der Waals surface area contributed by atoms with Gasteiger partial charge in [-0.3, -0.25) is 19.6 Å². The van der Waals surface area contributed by atoms with Gasteiger partial charge in [0.1, 0.15) is 0 Å². The van der Waals surface area contributed by atoms with Crippen LogP contribution in [0.3, 0.4) is 0 Å². The van der Waals surface area contributed by atoms with Gasteiger partial charge in [-0.1, -0.05) is 36.4 Å². The minimum atomic E-state index is -3.97. The molecule has 3 aromatic rings. The maximum absolute atomic E-state index is 12.8. The first-order valence-electron chi connectivity index (χ1n) is 9.79. The molecule has 0 radical (unpaired) electrons. The molecule has 3 aromatic carbocycles. The second-order valence-corrected chi connectivity index (χ2v) is 8.88. The van der Waals surface area contributed by atoms with Gasteiger partial charge in [-0.15, -0.1) is 0 Å². The molecule has 0 unspecified atom stereocenters. The predicted octanol–water partition coefficient (Wildman–Crippen LogP) is 4.52. The smallest absolute Gasteiger partial charge is 0.269 e. The summed E-state index contributed by atoms with van der Waals surface area (Å²) >= 11 is 0. The van der Waals surface area contributed by atoms with Crippen molar-refractivity contribution in [1.29, 1.82) is 0 Å². The SMILES string of the molecule is O=C1C(=CNc2ccccc2NS(=O)(=O)c2ccc([N+](=O)[O-])cc2)CCc2ccccc21. The topological polar surface area (TPSA) is 118 Å². The van der Waals surface area contributed by atoms with Crippen molar-refractivity contribution in [3.05, 3.63) is 106 Å². The number of sulfonamides is 1. The lowest BCUT2D eigenvalue weighted by Gasteiger charge is -2.18. The number of nitrogens with zero attached hydrogens (tertiary/aromatic N) is 1. The number of fused-ring (bicyclic) bond motifs is 1. The highest BCUT2D eigenvalue weighted by Crippen LogP contribution is 2.28. The van der Waals surface area contributed by atoms with Gasteiger partial charge in [0, 0.05) is 29.5 Å². The number of nitrogens with one attached hydrogen (secondary N) is 2. The van der Waals surface area contributed by atoms with Crippen molar-refractivity contribution in [2.45, 2.75) is 17.7 Å². The molecule has 0 amide bonds. The van der Waals surface area contributed by atoms with Crippen LogP contribution >= 0.6 is 0 Å². The van der Waals surface area contributed by atoms with Crippen molar-refractivity contribution in [3.63, 3.8) is 0 Å². The average Bonchev–Trinajstić information content (AvgIpc) is 2.79. The van der Waals surface area contributed by atoms with Gasteiger partial charge in [0.15, 0.2) is 5.78 Å². The van der Waals surface area contributed by atoms with Crippen LogP contribution in [0.25, 0.3) is 0 Å². The van der Waals surface area contributed by atoms with E-state index >= 15 is 0 Å². The molecule has 0 atom stereocenters. The zero-order chi connectivity index (χ0) is 22.7. The van der Waals surface area contributed by atoms with Crippen LogP contribution in [0.15, 0.2) is 89.5 Å². The first kappa shape index (κ1) is 21.3. The zero-order valence-corrected chi connectivity index (χ0v) is 17.6. The van der Waals surface area contributed by atoms with Crippen LogP contribution in [0.2, 0.25) is 0 Å². The summed E-state index contributed by atoms with van der Waals surface area (Å²) in [6.45, 7) is 0. The number of aryl methyl sites for hydroxylation is 1. The van der Waals surface area contributed by atoms with Gasteiger partial charge in [0.2, 0.25) is 0 Å². The standard InChI is InChI=1S/C23H19N3O5S/c27-23-17(10-9-16-5-1-2-6-20(16)23)15-24-21-7-3-4-8-22(21)25-32(30,31)19-13-11-18(12-14-19)26(28)29/h1-8,11-15,24-25H,9-10H2. The molecule has 0 saturated heterocycles. The number of anilines is 2. The molecule has 162 valence electrons. The number of para-hydroxylation sites is 2. The fourth-order valence-corrected chi connectivity index (χ4v) is 4.55. The molecule has 4 rings (SSSR count). The van der Waals surface area contributed by atoms with Crippen molar-refractivity contribution in [2.75, 3.05) is 10.0 Å². The van der Waals surface area contributed by atoms with Crippen molar-refractivity contribution < 1.29 is 18.1 Å². The Balaban J connectivity index is 1.55. The number of carbonyl (C=O) groups is 1. The fraction of sp³-hybridized carbons (Fsp3) is 0.0870. The van der Waals surface area contributed by atoms with Crippen LogP contribution in [0.4, 0.5) is 17.1 Å². The minimum Gasteiger partial charge on any atom is -0.360 e. The van der Waals surface area contributed by atoms with E-state index in [1.807, 2.05) is 18.2 Å². The van der Waals surface area contributed by atoms with Gasteiger partial charge in [0.05, 0.1) is 21.2 Å². The van der Waals surface area contributed by atoms with Gasteiger partial charge < -0.3 is 5.32 Å². The van der Waals surface area contributed by atoms with E-state index in [9.17, 15) is 23.3 Å². The molecule has 8 nitrogen and oxygen atoms in total. The van der Waals surface area contributed by atoms with E-state index in [0.717, 1.165) is 24.1 Å². The lowest BCUT2D eigenvalue weighted by molar-refractivity contribution is -0.384. The maximum atomic E-state index is 12.8. The number of benzene rings is 3. The van der Waals surface area contributed by atoms with Crippen molar-refractivity contribution >= 4 is 32.9 Å². The van der Waals surface area contributed by atoms with Gasteiger partial charge >= 0.3 is 0 Å². The van der Waals surface area contributed by atoms with E-state index in [2.05, 4.69) is 10.0 Å². The number of allylic oxidation sites excluding steroid dienone is 1. The lowest BCUT2D eigenvalue weighted by Crippen LogP contribution is -2.16. The summed E-state index contributed by atoms with van der Waals surface area (Å²) in [5.41, 5.74) is 2.86. The Morgan fingerprint density at radius 3 is 2.25 bits per heavy atom. The molecule has 1 aliphatic rings. The Bertz CT molecular complexity index is 1330. The number of nitro benzene ring substituents is 1. The van der Waals surface area contributed by atoms with E-state index in [0.29, 0.717) is 23.2 Å². The predicted molar refractivity (Wildman–Crippen MR) is 121 cm³/mol. The number of nitro groups is 1. The van der Waals surface area contributed by atoms with Crippen molar-refractivity contribution in [1.82, 2.24) is 0 Å². The van der Waals surface area contributed by atoms with E-state index < -0.39 is 14.9 Å². The zero-order valence-electron chi connectivity index (χ0n) is 16.8. The van der Waals surface area contributed by atoms with Crippen LogP contribution in [0.1, 0.15) is 22.3 Å². The summed E-state index contributed by atoms with van der Waals surface area (Å²) in [6, 6.07) is 18.8. The Morgan fingerprint density at radius 2 is 1.53 bits per heavy atom. The third-order valence-electron chi connectivity index (χ3n) is 5.15. The summed E-state index contributed by atoms with van der Waals surface area (Å²) in [6.07, 6.45) is 2.95. The number of hydrogen-bond donors (Lipinski definition) is 2. The molecule has 9 heteroatoms. The summed E-state index contributed by atoms with van der Waals surface area (Å²) in [5, 5.41) is 13.8. The van der Waals surface area contributed by atoms with Crippen molar-refractivity contribution in [3.8, 4) is 0 Å². The second kappa shape index (κ2) is 8.64. The summed E-state index contributed by atoms with van der Waals surface area (Å²) in [5.74, 6) is -0.0525. The normalized spacial score (nSPS) is 14.6. The molecule has 0 fully saturated rings. The molecular weight excluding hydrogens is 430 g/mol. The molecule has 0 aliphatic heterocycles. The molecule has 0 saturated carbocycles. The number of ketones is 1. The molecule has 0 aromatic heterocycles. The largest absolute Gasteiger partial charge is 0.360 e. The molecule has 1 aliphatic carbocycles. The Morgan fingerprint density at radius 1 is 0.875 bits per heavy atom. The number of Topliss-reactive ketones (excluding diaryl/α,β-unsaturated/α-hetero) is 1. The van der Waals surface area contributed by atoms with Crippen LogP contribution in [0, 0.1) is 10.1 Å². The van der Waals surface area contributed by atoms with E-state index in [1.54, 1.807) is 36.5 Å². The second-order valence-electron chi connectivity index (χ2n) is 7.20. The van der Waals surface area contributed by atoms with Crippen LogP contribution in [0.5, 0.6) is 0 Å². The fourth-order valence-electron chi connectivity index (χ4n) is 3.47. The van der Waals surface area contributed by atoms with Gasteiger partial charge in [0.25, 0.3) is 15.7 Å². The molecule has 2 N–H and O–H groups in total. The highest BCUT2D eigenvalue weighted by atomic mass is 32.2. The van der Waals surface area contributed by atoms with Gasteiger partial charge in [-0.2, -0.15) is 0 Å². The number of carbonyl (C=O) groups excluding carboxylic acids is 1. The molecule has 32 heavy (non-hydrogen) atoms. The highest BCUT2D eigenvalue weighted by Gasteiger charge is 2.22. The summed E-state index contributed by atoms with van der Waals surface area (Å²) in [7, 11) is -3.97.